The topological polar surface area (TPSA) is 36.9 Å². The van der Waals surface area contributed by atoms with Crippen LogP contribution in [0.1, 0.15) is 0 Å². The zero-order valence-corrected chi connectivity index (χ0v) is 9.81. The Labute approximate surface area is 111 Å². The fraction of sp³-hybridized carbons (Fsp3) is 0.231. The standard InChI is InChI=1S/C13H7F3O4/c14-13(15,16)9-6-8-3-1-2-7-4-5-17-11-12(7,8)20-19-10(9)18-11/h1-6,11H. The van der Waals surface area contributed by atoms with Gasteiger partial charge in [0.05, 0.1) is 6.26 Å². The van der Waals surface area contributed by atoms with Crippen LogP contribution in [0.5, 0.6) is 0 Å². The van der Waals surface area contributed by atoms with Crippen LogP contribution in [0, 0.1) is 0 Å². The van der Waals surface area contributed by atoms with E-state index >= 15 is 0 Å². The molecule has 0 amide bonds. The molecular weight excluding hydrogens is 277 g/mol. The average Bonchev–Trinajstić information content (AvgIpc) is 2.65. The molecule has 0 N–H and O–H groups in total. The molecule has 0 aromatic carbocycles. The van der Waals surface area contributed by atoms with Crippen LogP contribution < -0.4 is 0 Å². The third-order valence-electron chi connectivity index (χ3n) is 3.48. The first-order chi connectivity index (χ1) is 9.52. The predicted octanol–water partition coefficient (Wildman–Crippen LogP) is 2.78. The van der Waals surface area contributed by atoms with Crippen molar-refractivity contribution in [1.29, 1.82) is 0 Å². The fourth-order valence-corrected chi connectivity index (χ4v) is 2.54. The van der Waals surface area contributed by atoms with E-state index in [1.807, 2.05) is 0 Å². The highest BCUT2D eigenvalue weighted by Gasteiger charge is 2.59. The molecule has 2 unspecified atom stereocenters. The molecule has 104 valence electrons. The zero-order chi connectivity index (χ0) is 14.0. The molecule has 1 fully saturated rings. The first-order valence-electron chi connectivity index (χ1n) is 5.79. The highest BCUT2D eigenvalue weighted by Crippen LogP contribution is 2.50. The molecule has 1 spiro atoms. The number of ether oxygens (including phenoxy) is 2. The molecule has 0 aromatic rings. The number of alkyl halides is 3. The van der Waals surface area contributed by atoms with Crippen LogP contribution in [0.4, 0.5) is 13.2 Å². The maximum atomic E-state index is 13.1. The van der Waals surface area contributed by atoms with Crippen molar-refractivity contribution < 1.29 is 32.4 Å². The highest BCUT2D eigenvalue weighted by molar-refractivity contribution is 5.56. The summed E-state index contributed by atoms with van der Waals surface area (Å²) in [5.41, 5.74) is -1.50. The lowest BCUT2D eigenvalue weighted by molar-refractivity contribution is -0.425. The van der Waals surface area contributed by atoms with Gasteiger partial charge < -0.3 is 9.47 Å². The number of hydrogen-bond acceptors (Lipinski definition) is 4. The molecule has 0 saturated carbocycles. The summed E-state index contributed by atoms with van der Waals surface area (Å²) in [6.07, 6.45) is 3.12. The summed E-state index contributed by atoms with van der Waals surface area (Å²) in [6, 6.07) is 0. The summed E-state index contributed by atoms with van der Waals surface area (Å²) in [4.78, 5) is 9.97. The largest absolute Gasteiger partial charge is 0.459 e. The van der Waals surface area contributed by atoms with Crippen molar-refractivity contribution in [3.63, 3.8) is 0 Å². The third kappa shape index (κ3) is 1.30. The Morgan fingerprint density at radius 1 is 1.15 bits per heavy atom. The normalized spacial score (nSPS) is 33.5. The van der Waals surface area contributed by atoms with Gasteiger partial charge in [0.25, 0.3) is 6.29 Å². The van der Waals surface area contributed by atoms with E-state index in [1.54, 1.807) is 18.2 Å². The summed E-state index contributed by atoms with van der Waals surface area (Å²) in [5.74, 6) is -0.738. The molecule has 5 aliphatic rings. The molecule has 4 heterocycles. The second kappa shape index (κ2) is 3.49. The van der Waals surface area contributed by atoms with Gasteiger partial charge in [-0.05, 0) is 12.2 Å². The van der Waals surface area contributed by atoms with E-state index in [4.69, 9.17) is 19.2 Å². The number of allylic oxidation sites excluding steroid dienone is 4. The number of rotatable bonds is 0. The first-order valence-corrected chi connectivity index (χ1v) is 5.79. The Hall–Kier alpha value is -2.15. The molecule has 2 bridgehead atoms. The smallest absolute Gasteiger partial charge is 0.423 e. The van der Waals surface area contributed by atoms with E-state index in [0.717, 1.165) is 6.08 Å². The van der Waals surface area contributed by atoms with Gasteiger partial charge in [-0.2, -0.15) is 18.1 Å². The van der Waals surface area contributed by atoms with Crippen molar-refractivity contribution in [1.82, 2.24) is 0 Å². The number of hydrogen-bond donors (Lipinski definition) is 0. The average molecular weight is 284 g/mol. The van der Waals surface area contributed by atoms with Crippen molar-refractivity contribution >= 4 is 0 Å². The van der Waals surface area contributed by atoms with Gasteiger partial charge in [0.15, 0.2) is 0 Å². The van der Waals surface area contributed by atoms with Gasteiger partial charge in [-0.15, -0.1) is 0 Å². The molecule has 1 aliphatic carbocycles. The van der Waals surface area contributed by atoms with Gasteiger partial charge in [-0.1, -0.05) is 18.2 Å². The Kier molecular flexibility index (Phi) is 2.03. The second-order valence-electron chi connectivity index (χ2n) is 4.57. The van der Waals surface area contributed by atoms with Crippen molar-refractivity contribution in [3.05, 3.63) is 59.3 Å². The second-order valence-corrected chi connectivity index (χ2v) is 4.57. The van der Waals surface area contributed by atoms with Crippen LogP contribution >= 0.6 is 0 Å². The summed E-state index contributed by atoms with van der Waals surface area (Å²) in [7, 11) is 0. The summed E-state index contributed by atoms with van der Waals surface area (Å²) < 4.78 is 49.6. The minimum atomic E-state index is -4.62. The molecular formula is C13H7F3O4. The first kappa shape index (κ1) is 11.7. The van der Waals surface area contributed by atoms with Gasteiger partial charge in [0, 0.05) is 11.1 Å². The summed E-state index contributed by atoms with van der Waals surface area (Å²) in [5, 5.41) is 0. The molecule has 0 radical (unpaired) electrons. The lowest BCUT2D eigenvalue weighted by Gasteiger charge is -2.43. The van der Waals surface area contributed by atoms with Crippen LogP contribution in [0.3, 0.4) is 0 Å². The van der Waals surface area contributed by atoms with E-state index in [0.29, 0.717) is 5.57 Å². The molecule has 1 saturated heterocycles. The van der Waals surface area contributed by atoms with Crippen LogP contribution in [0.25, 0.3) is 0 Å². The SMILES string of the molecule is FC(F)(F)C1=C2OOC34C(=CC=CC3=C1)C=COC4O2. The number of fused-ring (bicyclic) bond motifs is 2. The zero-order valence-electron chi connectivity index (χ0n) is 9.81. The van der Waals surface area contributed by atoms with E-state index in [1.165, 1.54) is 12.3 Å². The van der Waals surface area contributed by atoms with Crippen LogP contribution in [-0.4, -0.2) is 18.1 Å². The minimum absolute atomic E-state index is 0.268. The highest BCUT2D eigenvalue weighted by atomic mass is 19.4. The predicted molar refractivity (Wildman–Crippen MR) is 58.4 cm³/mol. The van der Waals surface area contributed by atoms with Crippen molar-refractivity contribution in [3.8, 4) is 0 Å². The third-order valence-corrected chi connectivity index (χ3v) is 3.48. The lowest BCUT2D eigenvalue weighted by Crippen LogP contribution is -2.53. The molecule has 4 aliphatic heterocycles. The molecule has 4 nitrogen and oxygen atoms in total. The van der Waals surface area contributed by atoms with E-state index in [9.17, 15) is 13.2 Å². The summed E-state index contributed by atoms with van der Waals surface area (Å²) in [6.45, 7) is 0. The Morgan fingerprint density at radius 3 is 2.80 bits per heavy atom. The van der Waals surface area contributed by atoms with Crippen LogP contribution in [0.2, 0.25) is 0 Å². The lowest BCUT2D eigenvalue weighted by atomic mass is 9.80. The van der Waals surface area contributed by atoms with E-state index < -0.39 is 29.6 Å². The Morgan fingerprint density at radius 2 is 2.00 bits per heavy atom. The van der Waals surface area contributed by atoms with Gasteiger partial charge in [-0.25, -0.2) is 0 Å². The van der Waals surface area contributed by atoms with Crippen LogP contribution in [0.15, 0.2) is 59.3 Å². The molecule has 0 aromatic heterocycles. The van der Waals surface area contributed by atoms with Gasteiger partial charge in [0.2, 0.25) is 5.60 Å². The summed E-state index contributed by atoms with van der Waals surface area (Å²) >= 11 is 0. The van der Waals surface area contributed by atoms with Crippen LogP contribution in [-0.2, 0) is 19.2 Å². The molecule has 7 heteroatoms. The van der Waals surface area contributed by atoms with Crippen molar-refractivity contribution in [2.24, 2.45) is 0 Å². The molecule has 20 heavy (non-hydrogen) atoms. The van der Waals surface area contributed by atoms with Gasteiger partial charge in [0.1, 0.15) is 5.57 Å². The Bertz CT molecular complexity index is 638. The number of halogens is 3. The fourth-order valence-electron chi connectivity index (χ4n) is 2.54. The van der Waals surface area contributed by atoms with E-state index in [2.05, 4.69) is 0 Å². The van der Waals surface area contributed by atoms with Gasteiger partial charge >= 0.3 is 12.1 Å². The van der Waals surface area contributed by atoms with E-state index in [-0.39, 0.29) is 5.57 Å². The maximum Gasteiger partial charge on any atom is 0.423 e. The Balaban J connectivity index is 1.97. The minimum Gasteiger partial charge on any atom is -0.459 e. The van der Waals surface area contributed by atoms with Gasteiger partial charge in [-0.3, -0.25) is 4.89 Å². The quantitative estimate of drug-likeness (QED) is 0.641. The maximum absolute atomic E-state index is 13.1. The van der Waals surface area contributed by atoms with Crippen molar-refractivity contribution in [2.75, 3.05) is 0 Å². The molecule has 5 rings (SSSR count). The monoisotopic (exact) mass is 284 g/mol. The molecule has 2 atom stereocenters. The van der Waals surface area contributed by atoms with Crippen molar-refractivity contribution in [2.45, 2.75) is 18.1 Å².